The van der Waals surface area contributed by atoms with Crippen LogP contribution in [-0.4, -0.2) is 34.1 Å². The van der Waals surface area contributed by atoms with E-state index in [1.807, 2.05) is 6.92 Å². The molecule has 26 heavy (non-hydrogen) atoms. The van der Waals surface area contributed by atoms with Crippen LogP contribution in [0.2, 0.25) is 0 Å². The average Bonchev–Trinajstić information content (AvgIpc) is 2.54. The number of hydrogen-bond donors (Lipinski definition) is 0. The lowest BCUT2D eigenvalue weighted by molar-refractivity contribution is 0.221. The summed E-state index contributed by atoms with van der Waals surface area (Å²) in [7, 11) is -6.65. The number of benzene rings is 1. The lowest BCUT2D eigenvalue weighted by Gasteiger charge is -2.13. The Hall–Kier alpha value is 0.0900. The topological polar surface area (TPSA) is 96.0 Å². The van der Waals surface area contributed by atoms with Gasteiger partial charge in [-0.3, -0.25) is 13.3 Å². The van der Waals surface area contributed by atoms with Gasteiger partial charge in [-0.1, -0.05) is 24.6 Å². The summed E-state index contributed by atoms with van der Waals surface area (Å²) >= 11 is 10.4. The molecular weight excluding hydrogens is 445 g/mol. The maximum absolute atomic E-state index is 11.5. The molecule has 7 nitrogen and oxygen atoms in total. The van der Waals surface area contributed by atoms with Gasteiger partial charge in [-0.2, -0.15) is 8.42 Å². The minimum atomic E-state index is -3.95. The summed E-state index contributed by atoms with van der Waals surface area (Å²) in [5.41, 5.74) is 0.916. The average molecular weight is 469 g/mol. The van der Waals surface area contributed by atoms with Gasteiger partial charge in [0, 0.05) is 6.16 Å². The molecule has 0 saturated carbocycles. The summed E-state index contributed by atoms with van der Waals surface area (Å²) in [5, 5.41) is 0. The van der Waals surface area contributed by atoms with Crippen LogP contribution >= 0.6 is 35.9 Å². The quantitative estimate of drug-likeness (QED) is 0.343. The Balaban J connectivity index is 0.000000541. The largest absolute Gasteiger partial charge is 0.330 e. The molecule has 0 radical (unpaired) electrons. The van der Waals surface area contributed by atoms with Crippen LogP contribution in [0.15, 0.2) is 29.2 Å². The highest BCUT2D eigenvalue weighted by Gasteiger charge is 2.22. The highest BCUT2D eigenvalue weighted by molar-refractivity contribution is 8.08. The van der Waals surface area contributed by atoms with Crippen molar-refractivity contribution in [2.75, 3.05) is 25.7 Å². The van der Waals surface area contributed by atoms with E-state index in [2.05, 4.69) is 4.18 Å². The van der Waals surface area contributed by atoms with Crippen molar-refractivity contribution in [3.8, 4) is 0 Å². The van der Waals surface area contributed by atoms with Gasteiger partial charge in [-0.05, 0) is 55.4 Å². The summed E-state index contributed by atoms with van der Waals surface area (Å²) in [6.45, 7) is 8.13. The maximum atomic E-state index is 11.5. The van der Waals surface area contributed by atoms with Crippen LogP contribution in [0, 0.1) is 6.92 Å². The minimum Gasteiger partial charge on any atom is -0.309 e. The second kappa shape index (κ2) is 11.8. The lowest BCUT2D eigenvalue weighted by Crippen LogP contribution is -2.06. The second-order valence-electron chi connectivity index (χ2n) is 4.85. The molecule has 0 unspecified atom stereocenters. The lowest BCUT2D eigenvalue weighted by atomic mass is 10.2. The third-order valence-electron chi connectivity index (χ3n) is 2.71. The van der Waals surface area contributed by atoms with Crippen LogP contribution in [0.1, 0.15) is 26.3 Å². The summed E-state index contributed by atoms with van der Waals surface area (Å²) in [5.74, 6) is -3.55. The van der Waals surface area contributed by atoms with Gasteiger partial charge >= 0.3 is 7.60 Å². The van der Waals surface area contributed by atoms with Crippen LogP contribution in [0.4, 0.5) is 0 Å². The number of rotatable bonds is 9. The van der Waals surface area contributed by atoms with Crippen molar-refractivity contribution < 1.29 is 30.8 Å². The molecule has 0 atom stereocenters. The Kier molecular flexibility index (Phi) is 11.9. The van der Waals surface area contributed by atoms with Crippen molar-refractivity contribution in [1.82, 2.24) is 0 Å². The van der Waals surface area contributed by atoms with Gasteiger partial charge in [0.2, 0.25) is 0 Å². The first-order valence-electron chi connectivity index (χ1n) is 7.71. The fourth-order valence-corrected chi connectivity index (χ4v) is 5.11. The van der Waals surface area contributed by atoms with Gasteiger partial charge in [0.25, 0.3) is 16.0 Å². The van der Waals surface area contributed by atoms with E-state index in [1.54, 1.807) is 32.9 Å². The highest BCUT2D eigenvalue weighted by Crippen LogP contribution is 2.56. The third-order valence-corrected chi connectivity index (χ3v) is 7.25. The molecule has 0 amide bonds. The molecular formula is C14H24Cl2O7P2S. The molecule has 0 heterocycles. The van der Waals surface area contributed by atoms with Crippen LogP contribution in [-0.2, 0) is 32.5 Å². The summed E-state index contributed by atoms with van der Waals surface area (Å²) < 4.78 is 59.7. The van der Waals surface area contributed by atoms with E-state index in [0.717, 1.165) is 5.56 Å². The molecule has 12 heteroatoms. The van der Waals surface area contributed by atoms with Crippen molar-refractivity contribution in [3.05, 3.63) is 29.8 Å². The second-order valence-corrected chi connectivity index (χ2v) is 14.0. The predicted octanol–water partition coefficient (Wildman–Crippen LogP) is 5.60. The molecule has 0 aromatic heterocycles. The molecule has 0 aliphatic rings. The van der Waals surface area contributed by atoms with Crippen molar-refractivity contribution in [3.63, 3.8) is 0 Å². The van der Waals surface area contributed by atoms with Gasteiger partial charge in [0.15, 0.2) is 0 Å². The maximum Gasteiger partial charge on any atom is 0.330 e. The highest BCUT2D eigenvalue weighted by atomic mass is 35.9. The Bertz CT molecular complexity index is 722. The Morgan fingerprint density at radius 1 is 0.962 bits per heavy atom. The van der Waals surface area contributed by atoms with Gasteiger partial charge < -0.3 is 9.05 Å². The van der Waals surface area contributed by atoms with E-state index >= 15 is 0 Å². The molecule has 1 aromatic rings. The SMILES string of the molecule is CCOP(=O)(CC)OCC.Cc1ccc(S(=O)(=O)OCP(=O)(Cl)Cl)cc1. The zero-order valence-electron chi connectivity index (χ0n) is 15.1. The van der Waals surface area contributed by atoms with E-state index < -0.39 is 29.9 Å². The van der Waals surface area contributed by atoms with Crippen LogP contribution in [0.3, 0.4) is 0 Å². The molecule has 0 N–H and O–H groups in total. The number of aryl methyl sites for hydroxylation is 1. The van der Waals surface area contributed by atoms with E-state index in [9.17, 15) is 17.5 Å². The Labute approximate surface area is 164 Å². The van der Waals surface area contributed by atoms with E-state index in [1.165, 1.54) is 12.1 Å². The van der Waals surface area contributed by atoms with Crippen LogP contribution in [0.25, 0.3) is 0 Å². The fourth-order valence-electron chi connectivity index (χ4n) is 1.52. The number of hydrogen-bond acceptors (Lipinski definition) is 7. The van der Waals surface area contributed by atoms with Gasteiger partial charge in [-0.25, -0.2) is 0 Å². The molecule has 1 rings (SSSR count). The first-order chi connectivity index (χ1) is 11.9. The standard InChI is InChI=1S/C8H9Cl2O4PS.C6H15O3P/c1-7-2-4-8(5-3-7)16(12,13)14-6-15(9,10)11;1-4-8-10(7,6-3)9-5-2/h2-5H,6H2,1H3;4-6H2,1-3H3. The molecule has 1 aromatic carbocycles. The molecule has 0 bridgehead atoms. The van der Waals surface area contributed by atoms with Crippen molar-refractivity contribution in [2.24, 2.45) is 0 Å². The summed E-state index contributed by atoms with van der Waals surface area (Å²) in [4.78, 5) is -0.0279. The molecule has 0 fully saturated rings. The Morgan fingerprint density at radius 2 is 1.42 bits per heavy atom. The first kappa shape index (κ1) is 26.1. The normalized spacial score (nSPS) is 12.4. The molecule has 0 aliphatic heterocycles. The fraction of sp³-hybridized carbons (Fsp3) is 0.571. The Morgan fingerprint density at radius 3 is 1.77 bits per heavy atom. The van der Waals surface area contributed by atoms with E-state index in [0.29, 0.717) is 19.4 Å². The van der Waals surface area contributed by atoms with E-state index in [4.69, 9.17) is 31.5 Å². The zero-order valence-corrected chi connectivity index (χ0v) is 19.2. The monoisotopic (exact) mass is 468 g/mol. The molecule has 0 saturated heterocycles. The third kappa shape index (κ3) is 11.1. The molecule has 152 valence electrons. The predicted molar refractivity (Wildman–Crippen MR) is 105 cm³/mol. The first-order valence-corrected chi connectivity index (χ1v) is 14.6. The smallest absolute Gasteiger partial charge is 0.309 e. The van der Waals surface area contributed by atoms with Crippen LogP contribution < -0.4 is 0 Å². The molecule has 0 spiro atoms. The van der Waals surface area contributed by atoms with Gasteiger partial charge in [0.1, 0.15) is 6.35 Å². The number of halogens is 2. The summed E-state index contributed by atoms with van der Waals surface area (Å²) in [6.07, 6.45) is -0.277. The zero-order chi connectivity index (χ0) is 20.4. The van der Waals surface area contributed by atoms with Crippen molar-refractivity contribution in [1.29, 1.82) is 0 Å². The van der Waals surface area contributed by atoms with E-state index in [-0.39, 0.29) is 4.90 Å². The van der Waals surface area contributed by atoms with Gasteiger partial charge in [0.05, 0.1) is 18.1 Å². The summed E-state index contributed by atoms with van der Waals surface area (Å²) in [6, 6.07) is 6.02. The van der Waals surface area contributed by atoms with Gasteiger partial charge in [-0.15, -0.1) is 0 Å². The minimum absolute atomic E-state index is 0.0279. The molecule has 0 aliphatic carbocycles. The van der Waals surface area contributed by atoms with Crippen molar-refractivity contribution in [2.45, 2.75) is 32.6 Å². The van der Waals surface area contributed by atoms with Crippen LogP contribution in [0.5, 0.6) is 0 Å². The van der Waals surface area contributed by atoms with Crippen molar-refractivity contribution >= 4 is 46.0 Å².